The van der Waals surface area contributed by atoms with Crippen LogP contribution in [0.2, 0.25) is 0 Å². The second-order valence-electron chi connectivity index (χ2n) is 7.21. The van der Waals surface area contributed by atoms with Crippen LogP contribution < -0.4 is 5.73 Å². The molecule has 2 aromatic heterocycles. The fourth-order valence-corrected chi connectivity index (χ4v) is 3.51. The summed E-state index contributed by atoms with van der Waals surface area (Å²) in [6, 6.07) is 9.40. The molecule has 146 valence electrons. The lowest BCUT2D eigenvalue weighted by Crippen LogP contribution is -2.12. The normalized spacial score (nSPS) is 15.1. The van der Waals surface area contributed by atoms with E-state index in [0.717, 1.165) is 18.4 Å². The smallest absolute Gasteiger partial charge is 0.282 e. The number of alkyl halides is 2. The van der Waals surface area contributed by atoms with Crippen molar-refractivity contribution in [1.82, 2.24) is 19.9 Å². The number of hydrogen-bond acceptors (Lipinski definition) is 5. The van der Waals surface area contributed by atoms with Crippen LogP contribution in [0.3, 0.4) is 0 Å². The zero-order valence-corrected chi connectivity index (χ0v) is 15.5. The Hall–Kier alpha value is -3.03. The molecule has 0 atom stereocenters. The number of hydrogen-bond donors (Lipinski definition) is 1. The van der Waals surface area contributed by atoms with Crippen molar-refractivity contribution in [3.8, 4) is 11.6 Å². The average Bonchev–Trinajstić information content (AvgIpc) is 3.12. The van der Waals surface area contributed by atoms with Crippen molar-refractivity contribution in [2.24, 2.45) is 5.73 Å². The van der Waals surface area contributed by atoms with E-state index in [9.17, 15) is 8.78 Å². The van der Waals surface area contributed by atoms with Gasteiger partial charge in [0.05, 0.1) is 5.41 Å². The van der Waals surface area contributed by atoms with Gasteiger partial charge in [-0.05, 0) is 37.0 Å². The van der Waals surface area contributed by atoms with Gasteiger partial charge >= 0.3 is 0 Å². The Kier molecular flexibility index (Phi) is 4.49. The topological polar surface area (TPSA) is 82.8 Å². The SMILES string of the molecule is C=C(N)CCn1nc(C(F)F)cc1-c1nc(C2(c3ccccc3C)CC2)no1. The molecule has 1 aromatic carbocycles. The highest BCUT2D eigenvalue weighted by Gasteiger charge is 2.50. The third kappa shape index (κ3) is 3.19. The maximum Gasteiger partial charge on any atom is 0.282 e. The summed E-state index contributed by atoms with van der Waals surface area (Å²) in [5.41, 5.74) is 8.14. The van der Waals surface area contributed by atoms with E-state index in [1.54, 1.807) is 0 Å². The van der Waals surface area contributed by atoms with Crippen LogP contribution in [0.4, 0.5) is 8.78 Å². The molecule has 1 aliphatic rings. The van der Waals surface area contributed by atoms with Crippen molar-refractivity contribution < 1.29 is 13.3 Å². The van der Waals surface area contributed by atoms with Crippen LogP contribution in [0.1, 0.15) is 48.3 Å². The van der Waals surface area contributed by atoms with Gasteiger partial charge in [0.15, 0.2) is 5.82 Å². The van der Waals surface area contributed by atoms with E-state index in [2.05, 4.69) is 40.9 Å². The molecule has 0 radical (unpaired) electrons. The van der Waals surface area contributed by atoms with E-state index in [-0.39, 0.29) is 17.0 Å². The standard InChI is InChI=1S/C20H21F2N5O/c1-12-5-3-4-6-14(12)20(8-9-20)19-24-18(28-26-19)16-11-15(17(21)22)25-27(16)10-7-13(2)23/h3-6,11,17H,2,7-10,23H2,1H3. The van der Waals surface area contributed by atoms with Crippen molar-refractivity contribution >= 4 is 0 Å². The van der Waals surface area contributed by atoms with Gasteiger partial charge in [-0.25, -0.2) is 8.78 Å². The van der Waals surface area contributed by atoms with Gasteiger partial charge < -0.3 is 10.3 Å². The van der Waals surface area contributed by atoms with Crippen LogP contribution >= 0.6 is 0 Å². The van der Waals surface area contributed by atoms with Crippen molar-refractivity contribution in [3.63, 3.8) is 0 Å². The first kappa shape index (κ1) is 18.3. The first-order chi connectivity index (χ1) is 13.4. The molecule has 4 rings (SSSR count). The lowest BCUT2D eigenvalue weighted by Gasteiger charge is -2.13. The van der Waals surface area contributed by atoms with Gasteiger partial charge in [-0.1, -0.05) is 36.0 Å². The van der Waals surface area contributed by atoms with E-state index in [1.807, 2.05) is 12.1 Å². The number of aryl methyl sites for hydroxylation is 2. The number of benzene rings is 1. The van der Waals surface area contributed by atoms with E-state index in [4.69, 9.17) is 10.3 Å². The summed E-state index contributed by atoms with van der Waals surface area (Å²) in [7, 11) is 0. The molecule has 0 saturated heterocycles. The molecule has 1 saturated carbocycles. The summed E-state index contributed by atoms with van der Waals surface area (Å²) < 4.78 is 33.2. The van der Waals surface area contributed by atoms with Crippen LogP contribution in [-0.2, 0) is 12.0 Å². The Morgan fingerprint density at radius 2 is 2.11 bits per heavy atom. The minimum absolute atomic E-state index is 0.178. The Labute approximate surface area is 161 Å². The van der Waals surface area contributed by atoms with Crippen LogP contribution in [-0.4, -0.2) is 19.9 Å². The molecule has 8 heteroatoms. The van der Waals surface area contributed by atoms with Gasteiger partial charge in [0.2, 0.25) is 0 Å². The van der Waals surface area contributed by atoms with Gasteiger partial charge in [-0.2, -0.15) is 10.1 Å². The Morgan fingerprint density at radius 1 is 1.36 bits per heavy atom. The number of nitrogens with zero attached hydrogens (tertiary/aromatic N) is 4. The summed E-state index contributed by atoms with van der Waals surface area (Å²) in [6.07, 6.45) is -0.437. The molecule has 1 aliphatic carbocycles. The molecular weight excluding hydrogens is 364 g/mol. The summed E-state index contributed by atoms with van der Waals surface area (Å²) >= 11 is 0. The van der Waals surface area contributed by atoms with Crippen molar-refractivity contribution in [2.45, 2.75) is 44.6 Å². The minimum atomic E-state index is -2.69. The lowest BCUT2D eigenvalue weighted by atomic mass is 9.91. The number of nitrogens with two attached hydrogens (primary N) is 1. The van der Waals surface area contributed by atoms with Crippen molar-refractivity contribution in [1.29, 1.82) is 0 Å². The molecular formula is C20H21F2N5O. The molecule has 6 nitrogen and oxygen atoms in total. The number of aromatic nitrogens is 4. The zero-order chi connectivity index (χ0) is 19.9. The molecule has 2 N–H and O–H groups in total. The van der Waals surface area contributed by atoms with Crippen LogP contribution in [0.25, 0.3) is 11.6 Å². The lowest BCUT2D eigenvalue weighted by molar-refractivity contribution is 0.145. The summed E-state index contributed by atoms with van der Waals surface area (Å²) in [4.78, 5) is 4.56. The molecule has 2 heterocycles. The number of allylic oxidation sites excluding steroid dienone is 1. The maximum atomic E-state index is 13.2. The molecule has 0 bridgehead atoms. The molecule has 0 spiro atoms. The average molecular weight is 385 g/mol. The monoisotopic (exact) mass is 385 g/mol. The third-order valence-corrected chi connectivity index (χ3v) is 5.15. The predicted octanol–water partition coefficient (Wildman–Crippen LogP) is 4.12. The molecule has 1 fully saturated rings. The Balaban J connectivity index is 1.70. The van der Waals surface area contributed by atoms with Crippen molar-refractivity contribution in [2.75, 3.05) is 0 Å². The first-order valence-electron chi connectivity index (χ1n) is 9.10. The second-order valence-corrected chi connectivity index (χ2v) is 7.21. The fraction of sp³-hybridized carbons (Fsp3) is 0.350. The van der Waals surface area contributed by atoms with Crippen LogP contribution in [0.15, 0.2) is 47.1 Å². The summed E-state index contributed by atoms with van der Waals surface area (Å²) in [5.74, 6) is 0.753. The maximum absolute atomic E-state index is 13.2. The Bertz CT molecular complexity index is 1020. The van der Waals surface area contributed by atoms with E-state index >= 15 is 0 Å². The molecule has 28 heavy (non-hydrogen) atoms. The van der Waals surface area contributed by atoms with E-state index in [0.29, 0.717) is 30.2 Å². The van der Waals surface area contributed by atoms with Gasteiger partial charge in [-0.15, -0.1) is 0 Å². The van der Waals surface area contributed by atoms with Crippen LogP contribution in [0.5, 0.6) is 0 Å². The highest BCUT2D eigenvalue weighted by Crippen LogP contribution is 2.53. The van der Waals surface area contributed by atoms with Gasteiger partial charge in [0.25, 0.3) is 12.3 Å². The van der Waals surface area contributed by atoms with E-state index < -0.39 is 6.43 Å². The van der Waals surface area contributed by atoms with Gasteiger partial charge in [0, 0.05) is 18.7 Å². The third-order valence-electron chi connectivity index (χ3n) is 5.15. The molecule has 0 unspecified atom stereocenters. The Morgan fingerprint density at radius 3 is 2.75 bits per heavy atom. The predicted molar refractivity (Wildman–Crippen MR) is 99.6 cm³/mol. The summed E-state index contributed by atoms with van der Waals surface area (Å²) in [5, 5.41) is 8.14. The quantitative estimate of drug-likeness (QED) is 0.661. The number of rotatable bonds is 7. The second kappa shape index (κ2) is 6.85. The van der Waals surface area contributed by atoms with Crippen LogP contribution in [0, 0.1) is 6.92 Å². The largest absolute Gasteiger partial charge is 0.402 e. The fourth-order valence-electron chi connectivity index (χ4n) is 3.51. The highest BCUT2D eigenvalue weighted by atomic mass is 19.3. The highest BCUT2D eigenvalue weighted by molar-refractivity contribution is 5.50. The zero-order valence-electron chi connectivity index (χ0n) is 15.5. The molecule has 0 aliphatic heterocycles. The molecule has 3 aromatic rings. The van der Waals surface area contributed by atoms with E-state index in [1.165, 1.54) is 16.3 Å². The minimum Gasteiger partial charge on any atom is -0.402 e. The summed E-state index contributed by atoms with van der Waals surface area (Å²) in [6.45, 7) is 6.00. The first-order valence-corrected chi connectivity index (χ1v) is 9.10. The van der Waals surface area contributed by atoms with Gasteiger partial charge in [-0.3, -0.25) is 4.68 Å². The number of halogens is 2. The molecule has 0 amide bonds. The van der Waals surface area contributed by atoms with Crippen molar-refractivity contribution in [3.05, 3.63) is 65.3 Å². The van der Waals surface area contributed by atoms with Gasteiger partial charge in [0.1, 0.15) is 11.4 Å².